The number of hydrogen-bond acceptors (Lipinski definition) is 2. The number of hydrogen-bond donors (Lipinski definition) is 2. The highest BCUT2D eigenvalue weighted by Crippen LogP contribution is 2.18. The molecule has 0 atom stereocenters. The van der Waals surface area contributed by atoms with E-state index in [0.29, 0.717) is 11.6 Å². The van der Waals surface area contributed by atoms with Crippen molar-refractivity contribution in [2.75, 3.05) is 13.7 Å². The number of rotatable bonds is 6. The van der Waals surface area contributed by atoms with E-state index in [1.165, 1.54) is 0 Å². The number of carbonyl (C=O) groups is 1. The van der Waals surface area contributed by atoms with Crippen molar-refractivity contribution in [1.29, 1.82) is 0 Å². The third-order valence-corrected chi connectivity index (χ3v) is 3.48. The monoisotopic (exact) mass is 330 g/mol. The summed E-state index contributed by atoms with van der Waals surface area (Å²) in [7, 11) is 1.61. The molecule has 0 bridgehead atoms. The maximum atomic E-state index is 11.7. The van der Waals surface area contributed by atoms with Gasteiger partial charge in [0.2, 0.25) is 0 Å². The summed E-state index contributed by atoms with van der Waals surface area (Å²) in [6.07, 6.45) is 4.13. The summed E-state index contributed by atoms with van der Waals surface area (Å²) < 4.78 is 5.24. The fourth-order valence-electron chi connectivity index (χ4n) is 2.03. The molecule has 0 aliphatic carbocycles. The molecule has 0 saturated heterocycles. The predicted octanol–water partition coefficient (Wildman–Crippen LogP) is 3.86. The quantitative estimate of drug-likeness (QED) is 0.845. The fourth-order valence-corrected chi connectivity index (χ4v) is 2.16. The molecule has 0 heterocycles. The summed E-state index contributed by atoms with van der Waals surface area (Å²) in [5, 5.41) is 6.17. The maximum absolute atomic E-state index is 11.7. The highest BCUT2D eigenvalue weighted by atomic mass is 35.5. The lowest BCUT2D eigenvalue weighted by Gasteiger charge is -2.06. The van der Waals surface area contributed by atoms with E-state index in [-0.39, 0.29) is 6.03 Å². The van der Waals surface area contributed by atoms with Gasteiger partial charge in [0.25, 0.3) is 0 Å². The van der Waals surface area contributed by atoms with Crippen LogP contribution in [0.5, 0.6) is 5.75 Å². The van der Waals surface area contributed by atoms with E-state index in [4.69, 9.17) is 16.3 Å². The number of halogens is 1. The summed E-state index contributed by atoms with van der Waals surface area (Å²) >= 11 is 5.83. The minimum atomic E-state index is -0.245. The zero-order valence-corrected chi connectivity index (χ0v) is 13.6. The van der Waals surface area contributed by atoms with Crippen LogP contribution in [0.15, 0.2) is 54.7 Å². The van der Waals surface area contributed by atoms with Crippen LogP contribution in [0.4, 0.5) is 4.79 Å². The van der Waals surface area contributed by atoms with Crippen molar-refractivity contribution < 1.29 is 9.53 Å². The van der Waals surface area contributed by atoms with Crippen molar-refractivity contribution in [3.8, 4) is 5.75 Å². The molecule has 2 N–H and O–H groups in total. The average molecular weight is 331 g/mol. The standard InChI is InChI=1S/C18H19ClN2O2/c1-23-17-5-3-2-4-15(17)11-13-21-18(22)20-12-10-14-6-8-16(19)9-7-14/h2-9,11,13H,10,12H2,1H3,(H2,20,21,22)/b13-11+. The van der Waals surface area contributed by atoms with Gasteiger partial charge in [-0.25, -0.2) is 4.79 Å². The molecule has 0 fully saturated rings. The van der Waals surface area contributed by atoms with Gasteiger partial charge in [-0.05, 0) is 36.3 Å². The van der Waals surface area contributed by atoms with Crippen LogP contribution >= 0.6 is 11.6 Å². The second-order valence-corrected chi connectivity index (χ2v) is 5.29. The van der Waals surface area contributed by atoms with Crippen molar-refractivity contribution in [3.05, 3.63) is 70.9 Å². The molecule has 0 aromatic heterocycles. The Kier molecular flexibility index (Phi) is 6.51. The summed E-state index contributed by atoms with van der Waals surface area (Å²) in [5.41, 5.74) is 2.02. The van der Waals surface area contributed by atoms with Crippen LogP contribution in [0, 0.1) is 0 Å². The van der Waals surface area contributed by atoms with Gasteiger partial charge in [0.1, 0.15) is 5.75 Å². The van der Waals surface area contributed by atoms with Crippen LogP contribution in [0.1, 0.15) is 11.1 Å². The van der Waals surface area contributed by atoms with Crippen molar-refractivity contribution >= 4 is 23.7 Å². The Morgan fingerprint density at radius 3 is 2.65 bits per heavy atom. The first-order valence-electron chi connectivity index (χ1n) is 7.27. The molecule has 0 unspecified atom stereocenters. The van der Waals surface area contributed by atoms with E-state index in [9.17, 15) is 4.79 Å². The molecular weight excluding hydrogens is 312 g/mol. The van der Waals surface area contributed by atoms with Gasteiger partial charge in [-0.1, -0.05) is 41.9 Å². The van der Waals surface area contributed by atoms with Gasteiger partial charge < -0.3 is 15.4 Å². The van der Waals surface area contributed by atoms with Crippen LogP contribution in [-0.4, -0.2) is 19.7 Å². The highest BCUT2D eigenvalue weighted by Gasteiger charge is 1.99. The molecule has 0 spiro atoms. The minimum absolute atomic E-state index is 0.245. The zero-order valence-electron chi connectivity index (χ0n) is 12.9. The number of ether oxygens (including phenoxy) is 1. The first kappa shape index (κ1) is 16.9. The van der Waals surface area contributed by atoms with Crippen LogP contribution in [0.3, 0.4) is 0 Å². The Labute approximate surface area is 141 Å². The lowest BCUT2D eigenvalue weighted by atomic mass is 10.1. The number of nitrogens with one attached hydrogen (secondary N) is 2. The van der Waals surface area contributed by atoms with E-state index in [2.05, 4.69) is 10.6 Å². The third kappa shape index (κ3) is 5.68. The molecule has 2 amide bonds. The second kappa shape index (κ2) is 8.86. The molecule has 2 rings (SSSR count). The van der Waals surface area contributed by atoms with Gasteiger partial charge in [-0.2, -0.15) is 0 Å². The zero-order chi connectivity index (χ0) is 16.5. The summed E-state index contributed by atoms with van der Waals surface area (Å²) in [6.45, 7) is 0.552. The molecule has 23 heavy (non-hydrogen) atoms. The van der Waals surface area contributed by atoms with Gasteiger partial charge in [-0.15, -0.1) is 0 Å². The van der Waals surface area contributed by atoms with E-state index in [1.807, 2.05) is 48.5 Å². The molecule has 5 heteroatoms. The first-order chi connectivity index (χ1) is 11.2. The van der Waals surface area contributed by atoms with E-state index >= 15 is 0 Å². The second-order valence-electron chi connectivity index (χ2n) is 4.85. The molecule has 2 aromatic rings. The third-order valence-electron chi connectivity index (χ3n) is 3.23. The minimum Gasteiger partial charge on any atom is -0.496 e. The molecule has 0 radical (unpaired) electrons. The van der Waals surface area contributed by atoms with Crippen LogP contribution in [-0.2, 0) is 6.42 Å². The fraction of sp³-hybridized carbons (Fsp3) is 0.167. The normalized spacial score (nSPS) is 10.5. The first-order valence-corrected chi connectivity index (χ1v) is 7.65. The van der Waals surface area contributed by atoms with E-state index in [0.717, 1.165) is 23.3 Å². The lowest BCUT2D eigenvalue weighted by molar-refractivity contribution is 0.244. The van der Waals surface area contributed by atoms with Gasteiger partial charge in [0.05, 0.1) is 7.11 Å². The topological polar surface area (TPSA) is 50.4 Å². The Balaban J connectivity index is 1.74. The Hall–Kier alpha value is -2.46. The van der Waals surface area contributed by atoms with Gasteiger partial charge in [0.15, 0.2) is 0 Å². The van der Waals surface area contributed by atoms with Crippen LogP contribution < -0.4 is 15.4 Å². The smallest absolute Gasteiger partial charge is 0.318 e. The Morgan fingerprint density at radius 2 is 1.91 bits per heavy atom. The van der Waals surface area contributed by atoms with E-state index in [1.54, 1.807) is 19.4 Å². The number of methoxy groups -OCH3 is 1. The molecule has 0 saturated carbocycles. The SMILES string of the molecule is COc1ccccc1/C=C/NC(=O)NCCc1ccc(Cl)cc1. The molecule has 0 aliphatic heterocycles. The molecule has 120 valence electrons. The number of benzene rings is 2. The lowest BCUT2D eigenvalue weighted by Crippen LogP contribution is -2.33. The highest BCUT2D eigenvalue weighted by molar-refractivity contribution is 6.30. The van der Waals surface area contributed by atoms with Gasteiger partial charge in [-0.3, -0.25) is 0 Å². The summed E-state index contributed by atoms with van der Waals surface area (Å²) in [5.74, 6) is 0.758. The molecule has 4 nitrogen and oxygen atoms in total. The van der Waals surface area contributed by atoms with Crippen molar-refractivity contribution in [2.24, 2.45) is 0 Å². The molecular formula is C18H19ClN2O2. The summed E-state index contributed by atoms with van der Waals surface area (Å²) in [4.78, 5) is 11.7. The average Bonchev–Trinajstić information content (AvgIpc) is 2.57. The van der Waals surface area contributed by atoms with Crippen molar-refractivity contribution in [1.82, 2.24) is 10.6 Å². The summed E-state index contributed by atoms with van der Waals surface area (Å²) in [6, 6.07) is 14.9. The number of carbonyl (C=O) groups excluding carboxylic acids is 1. The predicted molar refractivity (Wildman–Crippen MR) is 93.7 cm³/mol. The number of urea groups is 1. The largest absolute Gasteiger partial charge is 0.496 e. The maximum Gasteiger partial charge on any atom is 0.318 e. The van der Waals surface area contributed by atoms with Crippen LogP contribution in [0.25, 0.3) is 6.08 Å². The van der Waals surface area contributed by atoms with Crippen molar-refractivity contribution in [2.45, 2.75) is 6.42 Å². The van der Waals surface area contributed by atoms with Crippen molar-refractivity contribution in [3.63, 3.8) is 0 Å². The Morgan fingerprint density at radius 1 is 1.17 bits per heavy atom. The molecule has 0 aliphatic rings. The van der Waals surface area contributed by atoms with Gasteiger partial charge >= 0.3 is 6.03 Å². The number of amides is 2. The van der Waals surface area contributed by atoms with Gasteiger partial charge in [0, 0.05) is 23.3 Å². The van der Waals surface area contributed by atoms with E-state index < -0.39 is 0 Å². The Bertz CT molecular complexity index is 669. The number of para-hydroxylation sites is 1. The van der Waals surface area contributed by atoms with Crippen LogP contribution in [0.2, 0.25) is 5.02 Å². The molecule has 2 aromatic carbocycles.